The SMILES string of the molecule is CSCCN(C)CCCCC(C)(C)C(=N)N. The Morgan fingerprint density at radius 2 is 1.94 bits per heavy atom. The summed E-state index contributed by atoms with van der Waals surface area (Å²) in [7, 11) is 2.17. The Hall–Kier alpha value is -0.220. The van der Waals surface area contributed by atoms with Crippen LogP contribution in [0.5, 0.6) is 0 Å². The van der Waals surface area contributed by atoms with Gasteiger partial charge in [-0.2, -0.15) is 11.8 Å². The molecule has 96 valence electrons. The highest BCUT2D eigenvalue weighted by Crippen LogP contribution is 2.22. The molecule has 0 aliphatic carbocycles. The normalized spacial score (nSPS) is 12.1. The van der Waals surface area contributed by atoms with Gasteiger partial charge in [0.15, 0.2) is 0 Å². The van der Waals surface area contributed by atoms with Crippen LogP contribution in [0.2, 0.25) is 0 Å². The van der Waals surface area contributed by atoms with E-state index in [-0.39, 0.29) is 5.41 Å². The number of nitrogens with zero attached hydrogens (tertiary/aromatic N) is 1. The lowest BCUT2D eigenvalue weighted by Crippen LogP contribution is -2.31. The highest BCUT2D eigenvalue weighted by atomic mass is 32.2. The smallest absolute Gasteiger partial charge is 0.0963 e. The topological polar surface area (TPSA) is 53.1 Å². The molecule has 0 saturated heterocycles. The fraction of sp³-hybridized carbons (Fsp3) is 0.917. The predicted octanol–water partition coefficient (Wildman–Crippen LogP) is 2.41. The molecular weight excluding hydrogens is 218 g/mol. The van der Waals surface area contributed by atoms with Crippen LogP contribution in [0.1, 0.15) is 33.1 Å². The summed E-state index contributed by atoms with van der Waals surface area (Å²) in [6.07, 6.45) is 5.50. The first-order valence-corrected chi connectivity index (χ1v) is 7.31. The Morgan fingerprint density at radius 3 is 2.44 bits per heavy atom. The van der Waals surface area contributed by atoms with Crippen LogP contribution < -0.4 is 5.73 Å². The van der Waals surface area contributed by atoms with E-state index in [1.54, 1.807) is 0 Å². The largest absolute Gasteiger partial charge is 0.387 e. The molecule has 0 aliphatic heterocycles. The Labute approximate surface area is 105 Å². The van der Waals surface area contributed by atoms with E-state index in [1.807, 2.05) is 25.6 Å². The van der Waals surface area contributed by atoms with Crippen LogP contribution in [0.25, 0.3) is 0 Å². The number of unbranched alkanes of at least 4 members (excludes halogenated alkanes) is 1. The van der Waals surface area contributed by atoms with E-state index in [0.29, 0.717) is 5.84 Å². The molecule has 0 fully saturated rings. The zero-order chi connectivity index (χ0) is 12.6. The number of thioether (sulfide) groups is 1. The molecule has 0 atom stereocenters. The third-order valence-electron chi connectivity index (χ3n) is 3.00. The second-order valence-electron chi connectivity index (χ2n) is 5.05. The molecule has 3 nitrogen and oxygen atoms in total. The van der Waals surface area contributed by atoms with E-state index in [1.165, 1.54) is 12.2 Å². The maximum Gasteiger partial charge on any atom is 0.0963 e. The molecule has 0 aliphatic rings. The molecule has 16 heavy (non-hydrogen) atoms. The van der Waals surface area contributed by atoms with Crippen LogP contribution in [0.15, 0.2) is 0 Å². The van der Waals surface area contributed by atoms with Crippen molar-refractivity contribution in [1.82, 2.24) is 4.90 Å². The molecule has 0 spiro atoms. The molecule has 0 aromatic carbocycles. The van der Waals surface area contributed by atoms with Gasteiger partial charge in [-0.05, 0) is 32.7 Å². The van der Waals surface area contributed by atoms with Crippen LogP contribution >= 0.6 is 11.8 Å². The first kappa shape index (κ1) is 15.8. The predicted molar refractivity (Wildman–Crippen MR) is 75.4 cm³/mol. The van der Waals surface area contributed by atoms with Crippen LogP contribution in [-0.4, -0.2) is 42.9 Å². The van der Waals surface area contributed by atoms with Gasteiger partial charge < -0.3 is 10.6 Å². The molecule has 0 aromatic rings. The zero-order valence-corrected chi connectivity index (χ0v) is 12.0. The molecule has 0 rings (SSSR count). The molecule has 0 unspecified atom stereocenters. The maximum absolute atomic E-state index is 7.47. The fourth-order valence-electron chi connectivity index (χ4n) is 1.44. The Balaban J connectivity index is 3.56. The molecule has 0 aromatic heterocycles. The summed E-state index contributed by atoms with van der Waals surface area (Å²) in [6.45, 7) is 6.41. The lowest BCUT2D eigenvalue weighted by molar-refractivity contribution is 0.332. The summed E-state index contributed by atoms with van der Waals surface area (Å²) >= 11 is 1.89. The number of rotatable bonds is 9. The van der Waals surface area contributed by atoms with Gasteiger partial charge in [0.05, 0.1) is 5.84 Å². The van der Waals surface area contributed by atoms with Crippen molar-refractivity contribution in [2.75, 3.05) is 32.1 Å². The standard InChI is InChI=1S/C12H27N3S/c1-12(2,11(13)14)7-5-6-8-15(3)9-10-16-4/h5-10H2,1-4H3,(H3,13,14). The number of amidine groups is 1. The van der Waals surface area contributed by atoms with E-state index in [2.05, 4.69) is 18.2 Å². The Morgan fingerprint density at radius 1 is 1.31 bits per heavy atom. The van der Waals surface area contributed by atoms with Gasteiger partial charge in [-0.1, -0.05) is 20.3 Å². The summed E-state index contributed by atoms with van der Waals surface area (Å²) < 4.78 is 0. The van der Waals surface area contributed by atoms with Crippen molar-refractivity contribution in [2.45, 2.75) is 33.1 Å². The molecule has 0 saturated carbocycles. The summed E-state index contributed by atoms with van der Waals surface area (Å²) in [4.78, 5) is 2.37. The van der Waals surface area contributed by atoms with E-state index in [4.69, 9.17) is 11.1 Å². The van der Waals surface area contributed by atoms with Crippen molar-refractivity contribution in [3.63, 3.8) is 0 Å². The van der Waals surface area contributed by atoms with E-state index in [9.17, 15) is 0 Å². The highest BCUT2D eigenvalue weighted by molar-refractivity contribution is 7.98. The van der Waals surface area contributed by atoms with Crippen LogP contribution in [0, 0.1) is 10.8 Å². The summed E-state index contributed by atoms with van der Waals surface area (Å²) in [6, 6.07) is 0. The first-order valence-electron chi connectivity index (χ1n) is 5.92. The molecule has 4 heteroatoms. The van der Waals surface area contributed by atoms with Gasteiger partial charge in [-0.15, -0.1) is 0 Å². The quantitative estimate of drug-likeness (QED) is 0.373. The fourth-order valence-corrected chi connectivity index (χ4v) is 1.94. The van der Waals surface area contributed by atoms with E-state index in [0.717, 1.165) is 25.9 Å². The number of nitrogens with one attached hydrogen (secondary N) is 1. The first-order chi connectivity index (χ1) is 7.40. The minimum atomic E-state index is -0.127. The number of hydrogen-bond donors (Lipinski definition) is 2. The summed E-state index contributed by atoms with van der Waals surface area (Å²) in [5, 5.41) is 7.47. The molecular formula is C12H27N3S. The molecule has 0 bridgehead atoms. The minimum absolute atomic E-state index is 0.127. The van der Waals surface area contributed by atoms with Crippen LogP contribution in [-0.2, 0) is 0 Å². The second-order valence-corrected chi connectivity index (χ2v) is 6.04. The van der Waals surface area contributed by atoms with Crippen molar-refractivity contribution in [2.24, 2.45) is 11.1 Å². The van der Waals surface area contributed by atoms with Crippen molar-refractivity contribution >= 4 is 17.6 Å². The summed E-state index contributed by atoms with van der Waals surface area (Å²) in [5.74, 6) is 1.51. The Bertz CT molecular complexity index is 204. The minimum Gasteiger partial charge on any atom is -0.387 e. The summed E-state index contributed by atoms with van der Waals surface area (Å²) in [5.41, 5.74) is 5.42. The van der Waals surface area contributed by atoms with Gasteiger partial charge in [-0.25, -0.2) is 0 Å². The van der Waals surface area contributed by atoms with Gasteiger partial charge in [0.25, 0.3) is 0 Å². The van der Waals surface area contributed by atoms with Crippen LogP contribution in [0.3, 0.4) is 0 Å². The van der Waals surface area contributed by atoms with Gasteiger partial charge in [0.1, 0.15) is 0 Å². The third-order valence-corrected chi connectivity index (χ3v) is 3.59. The third kappa shape index (κ3) is 7.12. The van der Waals surface area contributed by atoms with Crippen molar-refractivity contribution < 1.29 is 0 Å². The highest BCUT2D eigenvalue weighted by Gasteiger charge is 2.20. The number of hydrogen-bond acceptors (Lipinski definition) is 3. The van der Waals surface area contributed by atoms with E-state index < -0.39 is 0 Å². The van der Waals surface area contributed by atoms with Crippen molar-refractivity contribution in [3.05, 3.63) is 0 Å². The van der Waals surface area contributed by atoms with Crippen molar-refractivity contribution in [3.8, 4) is 0 Å². The van der Waals surface area contributed by atoms with Gasteiger partial charge in [0.2, 0.25) is 0 Å². The second kappa shape index (κ2) is 7.96. The lowest BCUT2D eigenvalue weighted by Gasteiger charge is -2.23. The molecule has 0 heterocycles. The number of nitrogens with two attached hydrogens (primary N) is 1. The Kier molecular flexibility index (Phi) is 7.85. The zero-order valence-electron chi connectivity index (χ0n) is 11.2. The maximum atomic E-state index is 7.47. The molecule has 0 radical (unpaired) electrons. The van der Waals surface area contributed by atoms with Gasteiger partial charge in [0, 0.05) is 17.7 Å². The van der Waals surface area contributed by atoms with Crippen molar-refractivity contribution in [1.29, 1.82) is 5.41 Å². The molecule has 3 N–H and O–H groups in total. The lowest BCUT2D eigenvalue weighted by atomic mass is 9.86. The monoisotopic (exact) mass is 245 g/mol. The van der Waals surface area contributed by atoms with E-state index >= 15 is 0 Å². The van der Waals surface area contributed by atoms with Gasteiger partial charge >= 0.3 is 0 Å². The average molecular weight is 245 g/mol. The molecule has 0 amide bonds. The average Bonchev–Trinajstić information content (AvgIpc) is 2.21. The van der Waals surface area contributed by atoms with Gasteiger partial charge in [-0.3, -0.25) is 5.41 Å². The van der Waals surface area contributed by atoms with Crippen LogP contribution in [0.4, 0.5) is 0 Å².